The van der Waals surface area contributed by atoms with Crippen LogP contribution in [0, 0.1) is 0 Å². The Morgan fingerprint density at radius 3 is 2.05 bits per heavy atom. The van der Waals surface area contributed by atoms with Crippen LogP contribution in [0.3, 0.4) is 0 Å². The average Bonchev–Trinajstić information content (AvgIpc) is 2.82. The SMILES string of the molecule is CC(=O)c1ccc(N(Cc2cccnc2)c2ccc(OC(F)F)c(OC(F)F)c2)cc1O[Si](C)(C)C(C)(C)C. The van der Waals surface area contributed by atoms with E-state index in [4.69, 9.17) is 4.43 Å². The van der Waals surface area contributed by atoms with Crippen molar-refractivity contribution in [1.82, 2.24) is 4.98 Å². The number of carbonyl (C=O) groups excluding carboxylic acids is 1. The number of halogens is 4. The van der Waals surface area contributed by atoms with Gasteiger partial charge >= 0.3 is 13.2 Å². The van der Waals surface area contributed by atoms with Gasteiger partial charge in [0, 0.05) is 42.4 Å². The second-order valence-corrected chi connectivity index (χ2v) is 15.2. The first-order chi connectivity index (χ1) is 18.2. The maximum atomic E-state index is 13.1. The van der Waals surface area contributed by atoms with E-state index in [1.54, 1.807) is 41.6 Å². The number of alkyl halides is 4. The molecule has 0 spiro atoms. The lowest BCUT2D eigenvalue weighted by molar-refractivity contribution is -0.0692. The highest BCUT2D eigenvalue weighted by molar-refractivity contribution is 6.74. The van der Waals surface area contributed by atoms with Crippen LogP contribution in [0.1, 0.15) is 43.6 Å². The summed E-state index contributed by atoms with van der Waals surface area (Å²) in [6, 6.07) is 12.5. The van der Waals surface area contributed by atoms with E-state index in [9.17, 15) is 22.4 Å². The molecule has 0 aliphatic heterocycles. The Kier molecular flexibility index (Phi) is 9.26. The molecule has 0 N–H and O–H groups in total. The number of ketones is 1. The Hall–Kier alpha value is -3.60. The predicted octanol–water partition coefficient (Wildman–Crippen LogP) is 8.21. The number of aromatic nitrogens is 1. The fraction of sp³-hybridized carbons (Fsp3) is 0.357. The van der Waals surface area contributed by atoms with Crippen molar-refractivity contribution in [3.05, 3.63) is 72.1 Å². The zero-order valence-corrected chi connectivity index (χ0v) is 23.7. The first-order valence-electron chi connectivity index (χ1n) is 12.2. The van der Waals surface area contributed by atoms with Crippen LogP contribution in [-0.2, 0) is 6.54 Å². The van der Waals surface area contributed by atoms with Crippen LogP contribution in [-0.4, -0.2) is 32.3 Å². The molecule has 0 saturated heterocycles. The molecule has 0 fully saturated rings. The molecular formula is C28H32F4N2O4Si. The molecule has 3 rings (SSSR count). The summed E-state index contributed by atoms with van der Waals surface area (Å²) in [6.45, 7) is 5.57. The van der Waals surface area contributed by atoms with Crippen molar-refractivity contribution in [3.8, 4) is 17.2 Å². The average molecular weight is 565 g/mol. The molecule has 210 valence electrons. The topological polar surface area (TPSA) is 60.9 Å². The number of pyridine rings is 1. The molecule has 1 aromatic heterocycles. The highest BCUT2D eigenvalue weighted by Crippen LogP contribution is 2.41. The highest BCUT2D eigenvalue weighted by Gasteiger charge is 2.39. The van der Waals surface area contributed by atoms with Gasteiger partial charge in [0.05, 0.1) is 5.56 Å². The Balaban J connectivity index is 2.17. The van der Waals surface area contributed by atoms with E-state index < -0.39 is 33.0 Å². The van der Waals surface area contributed by atoms with E-state index in [1.807, 2.05) is 6.07 Å². The first kappa shape index (κ1) is 29.9. The van der Waals surface area contributed by atoms with Crippen molar-refractivity contribution in [2.75, 3.05) is 4.90 Å². The minimum Gasteiger partial charge on any atom is -0.543 e. The highest BCUT2D eigenvalue weighted by atomic mass is 28.4. The number of benzene rings is 2. The Morgan fingerprint density at radius 2 is 1.51 bits per heavy atom. The third-order valence-electron chi connectivity index (χ3n) is 6.56. The van der Waals surface area contributed by atoms with Crippen LogP contribution in [0.2, 0.25) is 18.1 Å². The van der Waals surface area contributed by atoms with Crippen molar-refractivity contribution >= 4 is 25.5 Å². The van der Waals surface area contributed by atoms with Gasteiger partial charge in [0.15, 0.2) is 17.3 Å². The molecule has 1 heterocycles. The van der Waals surface area contributed by atoms with Gasteiger partial charge < -0.3 is 18.8 Å². The summed E-state index contributed by atoms with van der Waals surface area (Å²) in [7, 11) is -2.36. The standard InChI is InChI=1S/C28H32F4N2O4Si/c1-18(35)22-11-9-20(14-24(22)38-39(5,6)28(2,3)4)34(17-19-8-7-13-33-16-19)21-10-12-23(36-26(29)30)25(15-21)37-27(31)32/h7-16,26-27H,17H2,1-6H3. The lowest BCUT2D eigenvalue weighted by Crippen LogP contribution is -2.44. The first-order valence-corrected chi connectivity index (χ1v) is 15.1. The molecule has 3 aromatic rings. The Labute approximate surface area is 226 Å². The Morgan fingerprint density at radius 1 is 0.923 bits per heavy atom. The maximum absolute atomic E-state index is 13.1. The van der Waals surface area contributed by atoms with Crippen molar-refractivity contribution in [2.24, 2.45) is 0 Å². The quantitative estimate of drug-likeness (QED) is 0.133. The minimum absolute atomic E-state index is 0.144. The van der Waals surface area contributed by atoms with Crippen LogP contribution in [0.25, 0.3) is 0 Å². The second kappa shape index (κ2) is 12.1. The predicted molar refractivity (Wildman–Crippen MR) is 144 cm³/mol. The lowest BCUT2D eigenvalue weighted by Gasteiger charge is -2.37. The molecule has 0 unspecified atom stereocenters. The third kappa shape index (κ3) is 7.72. The normalized spacial score (nSPS) is 12.0. The number of ether oxygens (including phenoxy) is 2. The summed E-state index contributed by atoms with van der Waals surface area (Å²) in [5.41, 5.74) is 2.12. The monoisotopic (exact) mass is 564 g/mol. The van der Waals surface area contributed by atoms with Crippen molar-refractivity contribution in [2.45, 2.75) is 65.6 Å². The number of nitrogens with zero attached hydrogens (tertiary/aromatic N) is 2. The summed E-state index contributed by atoms with van der Waals surface area (Å²) < 4.78 is 67.5. The van der Waals surface area contributed by atoms with Crippen molar-refractivity contribution in [1.29, 1.82) is 0 Å². The summed E-state index contributed by atoms with van der Waals surface area (Å²) in [5.74, 6) is -0.832. The van der Waals surface area contributed by atoms with E-state index in [0.29, 0.717) is 22.7 Å². The van der Waals surface area contributed by atoms with Crippen LogP contribution in [0.5, 0.6) is 17.2 Å². The number of hydrogen-bond donors (Lipinski definition) is 0. The van der Waals surface area contributed by atoms with E-state index in [1.165, 1.54) is 19.1 Å². The molecule has 2 aromatic carbocycles. The van der Waals surface area contributed by atoms with Gasteiger partial charge in [0.2, 0.25) is 0 Å². The van der Waals surface area contributed by atoms with E-state index in [2.05, 4.69) is 48.3 Å². The fourth-order valence-corrected chi connectivity index (χ4v) is 4.56. The maximum Gasteiger partial charge on any atom is 0.387 e. The third-order valence-corrected chi connectivity index (χ3v) is 10.9. The molecular weight excluding hydrogens is 532 g/mol. The molecule has 0 aliphatic rings. The molecule has 0 saturated carbocycles. The smallest absolute Gasteiger partial charge is 0.387 e. The zero-order chi connectivity index (χ0) is 29.0. The van der Waals surface area contributed by atoms with Gasteiger partial charge in [-0.2, -0.15) is 17.6 Å². The zero-order valence-electron chi connectivity index (χ0n) is 22.7. The molecule has 0 radical (unpaired) electrons. The minimum atomic E-state index is -3.26. The van der Waals surface area contributed by atoms with Crippen molar-refractivity contribution < 1.29 is 36.3 Å². The van der Waals surface area contributed by atoms with Gasteiger partial charge in [-0.3, -0.25) is 9.78 Å². The Bertz CT molecular complexity index is 1280. The van der Waals surface area contributed by atoms with E-state index in [-0.39, 0.29) is 17.4 Å². The number of carbonyl (C=O) groups is 1. The van der Waals surface area contributed by atoms with E-state index >= 15 is 0 Å². The van der Waals surface area contributed by atoms with Crippen LogP contribution < -0.4 is 18.8 Å². The number of anilines is 2. The lowest BCUT2D eigenvalue weighted by atomic mass is 10.1. The molecule has 11 heteroatoms. The summed E-state index contributed by atoms with van der Waals surface area (Å²) in [4.78, 5) is 18.4. The number of Topliss-reactive ketones (excluding diaryl/α,β-unsaturated/α-hetero) is 1. The van der Waals surface area contributed by atoms with Gasteiger partial charge in [0.1, 0.15) is 5.75 Å². The molecule has 39 heavy (non-hydrogen) atoms. The van der Waals surface area contributed by atoms with Crippen LogP contribution >= 0.6 is 0 Å². The molecule has 0 aliphatic carbocycles. The number of rotatable bonds is 11. The van der Waals surface area contributed by atoms with Crippen molar-refractivity contribution in [3.63, 3.8) is 0 Å². The van der Waals surface area contributed by atoms with Crippen LogP contribution in [0.15, 0.2) is 60.9 Å². The van der Waals surface area contributed by atoms with E-state index in [0.717, 1.165) is 11.6 Å². The van der Waals surface area contributed by atoms with Gasteiger partial charge in [-0.25, -0.2) is 0 Å². The molecule has 0 atom stereocenters. The number of hydrogen-bond acceptors (Lipinski definition) is 6. The van der Waals surface area contributed by atoms with Gasteiger partial charge in [-0.05, 0) is 61.0 Å². The van der Waals surface area contributed by atoms with Gasteiger partial charge in [-0.15, -0.1) is 0 Å². The summed E-state index contributed by atoms with van der Waals surface area (Å²) in [5, 5.41) is -0.144. The molecule has 0 bridgehead atoms. The largest absolute Gasteiger partial charge is 0.543 e. The molecule has 6 nitrogen and oxygen atoms in total. The molecule has 0 amide bonds. The summed E-state index contributed by atoms with van der Waals surface area (Å²) in [6.07, 6.45) is 3.26. The summed E-state index contributed by atoms with van der Waals surface area (Å²) >= 11 is 0. The fourth-order valence-electron chi connectivity index (χ4n) is 3.53. The van der Waals surface area contributed by atoms with Gasteiger partial charge in [0.25, 0.3) is 8.32 Å². The second-order valence-electron chi connectivity index (χ2n) is 10.4. The van der Waals surface area contributed by atoms with Crippen LogP contribution in [0.4, 0.5) is 28.9 Å². The van der Waals surface area contributed by atoms with Gasteiger partial charge in [-0.1, -0.05) is 26.8 Å².